The van der Waals surface area contributed by atoms with Gasteiger partial charge in [-0.05, 0) is 37.5 Å². The smallest absolute Gasteiger partial charge is 0.193 e. The molecule has 1 saturated heterocycles. The fraction of sp³-hybridized carbons (Fsp3) is 0.500. The number of rotatable bonds is 5. The molecule has 2 heterocycles. The van der Waals surface area contributed by atoms with E-state index in [0.29, 0.717) is 6.61 Å². The molecule has 1 unspecified atom stereocenters. The summed E-state index contributed by atoms with van der Waals surface area (Å²) in [5.41, 5.74) is 3.85. The largest absolute Gasteiger partial charge is 0.370 e. The predicted octanol–water partition coefficient (Wildman–Crippen LogP) is 2.54. The summed E-state index contributed by atoms with van der Waals surface area (Å²) in [5, 5.41) is 7.71. The normalized spacial score (nSPS) is 18.2. The second kappa shape index (κ2) is 8.85. The Balaban J connectivity index is 1.54. The molecule has 1 aromatic heterocycles. The lowest BCUT2D eigenvalue weighted by atomic mass is 10.00. The van der Waals surface area contributed by atoms with Gasteiger partial charge in [-0.1, -0.05) is 23.8 Å². The lowest BCUT2D eigenvalue weighted by molar-refractivity contribution is -0.00831. The first-order valence-electron chi connectivity index (χ1n) is 9.29. The van der Waals surface area contributed by atoms with Gasteiger partial charge in [0.15, 0.2) is 5.96 Å². The molecule has 6 heteroatoms. The molecule has 1 N–H and O–H groups in total. The highest BCUT2D eigenvalue weighted by Crippen LogP contribution is 2.25. The van der Waals surface area contributed by atoms with E-state index < -0.39 is 0 Å². The summed E-state index contributed by atoms with van der Waals surface area (Å²) in [4.78, 5) is 6.76. The number of aromatic nitrogens is 2. The molecule has 0 saturated carbocycles. The van der Waals surface area contributed by atoms with E-state index in [9.17, 15) is 0 Å². The summed E-state index contributed by atoms with van der Waals surface area (Å²) < 4.78 is 8.00. The van der Waals surface area contributed by atoms with Crippen molar-refractivity contribution in [3.63, 3.8) is 0 Å². The number of nitrogens with one attached hydrogen (secondary N) is 1. The van der Waals surface area contributed by atoms with Crippen LogP contribution in [0.5, 0.6) is 0 Å². The molecule has 1 atom stereocenters. The first-order valence-corrected chi connectivity index (χ1v) is 9.29. The van der Waals surface area contributed by atoms with E-state index in [4.69, 9.17) is 4.74 Å². The van der Waals surface area contributed by atoms with Crippen LogP contribution in [0.1, 0.15) is 29.2 Å². The lowest BCUT2D eigenvalue weighted by Crippen LogP contribution is -2.48. The highest BCUT2D eigenvalue weighted by molar-refractivity contribution is 5.80. The summed E-state index contributed by atoms with van der Waals surface area (Å²) >= 11 is 0. The van der Waals surface area contributed by atoms with Crippen molar-refractivity contribution in [3.05, 3.63) is 53.3 Å². The molecule has 1 fully saturated rings. The molecule has 0 amide bonds. The van der Waals surface area contributed by atoms with Crippen LogP contribution in [0.4, 0.5) is 0 Å². The fourth-order valence-corrected chi connectivity index (χ4v) is 3.42. The van der Waals surface area contributed by atoms with Crippen molar-refractivity contribution >= 4 is 5.96 Å². The molecule has 2 aromatic rings. The van der Waals surface area contributed by atoms with Crippen molar-refractivity contribution in [1.82, 2.24) is 20.0 Å². The summed E-state index contributed by atoms with van der Waals surface area (Å²) in [7, 11) is 1.84. The van der Waals surface area contributed by atoms with E-state index in [0.717, 1.165) is 38.6 Å². The third kappa shape index (κ3) is 4.64. The highest BCUT2D eigenvalue weighted by Gasteiger charge is 2.25. The molecule has 26 heavy (non-hydrogen) atoms. The summed E-state index contributed by atoms with van der Waals surface area (Å²) in [6, 6.07) is 8.53. The van der Waals surface area contributed by atoms with Gasteiger partial charge in [0.05, 0.1) is 13.2 Å². The molecule has 1 aliphatic heterocycles. The molecule has 0 spiro atoms. The van der Waals surface area contributed by atoms with Gasteiger partial charge in [-0.2, -0.15) is 5.10 Å². The first kappa shape index (κ1) is 18.5. The van der Waals surface area contributed by atoms with Crippen LogP contribution in [-0.2, 0) is 11.3 Å². The Kier molecular flexibility index (Phi) is 6.28. The zero-order valence-corrected chi connectivity index (χ0v) is 16.0. The summed E-state index contributed by atoms with van der Waals surface area (Å²) in [5.74, 6) is 0.948. The van der Waals surface area contributed by atoms with Crippen molar-refractivity contribution in [2.45, 2.75) is 32.9 Å². The zero-order valence-electron chi connectivity index (χ0n) is 16.0. The Morgan fingerprint density at radius 1 is 1.38 bits per heavy atom. The van der Waals surface area contributed by atoms with Gasteiger partial charge in [0.1, 0.15) is 6.10 Å². The minimum atomic E-state index is 0.0898. The number of morpholine rings is 1. The SMILES string of the molecule is CN=C(NCCCn1cccn1)N1CCOC(c2ccc(C)cc2C)C1. The summed E-state index contributed by atoms with van der Waals surface area (Å²) in [6.07, 6.45) is 4.90. The van der Waals surface area contributed by atoms with E-state index in [2.05, 4.69) is 52.4 Å². The monoisotopic (exact) mass is 355 g/mol. The number of hydrogen-bond acceptors (Lipinski definition) is 3. The highest BCUT2D eigenvalue weighted by atomic mass is 16.5. The minimum absolute atomic E-state index is 0.0898. The molecule has 0 radical (unpaired) electrons. The van der Waals surface area contributed by atoms with Crippen LogP contribution in [0.15, 0.2) is 41.7 Å². The Morgan fingerprint density at radius 2 is 2.27 bits per heavy atom. The predicted molar refractivity (Wildman–Crippen MR) is 104 cm³/mol. The van der Waals surface area contributed by atoms with E-state index >= 15 is 0 Å². The molecule has 6 nitrogen and oxygen atoms in total. The number of aliphatic imine (C=N–C) groups is 1. The van der Waals surface area contributed by atoms with Gasteiger partial charge in [0.25, 0.3) is 0 Å². The van der Waals surface area contributed by atoms with Crippen LogP contribution in [0, 0.1) is 13.8 Å². The molecule has 0 aliphatic carbocycles. The Labute approximate surface area is 155 Å². The van der Waals surface area contributed by atoms with Crippen molar-refractivity contribution in [1.29, 1.82) is 0 Å². The topological polar surface area (TPSA) is 54.7 Å². The number of guanidine groups is 1. The number of benzene rings is 1. The van der Waals surface area contributed by atoms with E-state index in [-0.39, 0.29) is 6.10 Å². The maximum atomic E-state index is 6.05. The van der Waals surface area contributed by atoms with Crippen LogP contribution in [-0.4, -0.2) is 53.9 Å². The maximum absolute atomic E-state index is 6.05. The van der Waals surface area contributed by atoms with Gasteiger partial charge >= 0.3 is 0 Å². The fourth-order valence-electron chi connectivity index (χ4n) is 3.42. The Morgan fingerprint density at radius 3 is 3.00 bits per heavy atom. The van der Waals surface area contributed by atoms with Gasteiger partial charge in [0, 0.05) is 39.1 Å². The minimum Gasteiger partial charge on any atom is -0.370 e. The van der Waals surface area contributed by atoms with Crippen molar-refractivity contribution in [3.8, 4) is 0 Å². The van der Waals surface area contributed by atoms with Gasteiger partial charge in [-0.3, -0.25) is 9.67 Å². The third-order valence-corrected chi connectivity index (χ3v) is 4.76. The lowest BCUT2D eigenvalue weighted by Gasteiger charge is -2.35. The van der Waals surface area contributed by atoms with Crippen molar-refractivity contribution < 1.29 is 4.74 Å². The molecular weight excluding hydrogens is 326 g/mol. The van der Waals surface area contributed by atoms with Crippen LogP contribution >= 0.6 is 0 Å². The van der Waals surface area contributed by atoms with Crippen molar-refractivity contribution in [2.24, 2.45) is 4.99 Å². The third-order valence-electron chi connectivity index (χ3n) is 4.76. The first-order chi connectivity index (χ1) is 12.7. The molecule has 0 bridgehead atoms. The molecular formula is C20H29N5O. The van der Waals surface area contributed by atoms with Crippen LogP contribution < -0.4 is 5.32 Å². The molecule has 3 rings (SSSR count). The maximum Gasteiger partial charge on any atom is 0.193 e. The molecule has 1 aliphatic rings. The Bertz CT molecular complexity index is 726. The average molecular weight is 355 g/mol. The van der Waals surface area contributed by atoms with Crippen LogP contribution in [0.25, 0.3) is 0 Å². The van der Waals surface area contributed by atoms with Gasteiger partial charge in [-0.15, -0.1) is 0 Å². The Hall–Kier alpha value is -2.34. The van der Waals surface area contributed by atoms with Crippen LogP contribution in [0.3, 0.4) is 0 Å². The van der Waals surface area contributed by atoms with E-state index in [1.165, 1.54) is 16.7 Å². The molecule has 1 aromatic carbocycles. The second-order valence-electron chi connectivity index (χ2n) is 6.76. The van der Waals surface area contributed by atoms with E-state index in [1.807, 2.05) is 30.2 Å². The number of ether oxygens (including phenoxy) is 1. The van der Waals surface area contributed by atoms with Crippen molar-refractivity contribution in [2.75, 3.05) is 33.3 Å². The second-order valence-corrected chi connectivity index (χ2v) is 6.76. The van der Waals surface area contributed by atoms with Crippen LogP contribution in [0.2, 0.25) is 0 Å². The zero-order chi connectivity index (χ0) is 18.4. The quantitative estimate of drug-likeness (QED) is 0.509. The van der Waals surface area contributed by atoms with Gasteiger partial charge < -0.3 is 15.0 Å². The number of aryl methyl sites for hydroxylation is 3. The number of nitrogens with zero attached hydrogens (tertiary/aromatic N) is 4. The van der Waals surface area contributed by atoms with Gasteiger partial charge in [0.2, 0.25) is 0 Å². The molecule has 140 valence electrons. The standard InChI is InChI=1S/C20H29N5O/c1-16-6-7-18(17(2)14-16)19-15-24(12-13-26-19)20(21-3)22-8-4-10-25-11-5-9-23-25/h5-7,9,11,14,19H,4,8,10,12-13,15H2,1-3H3,(H,21,22). The van der Waals surface area contributed by atoms with Gasteiger partial charge in [-0.25, -0.2) is 0 Å². The average Bonchev–Trinajstić information content (AvgIpc) is 3.15. The van der Waals surface area contributed by atoms with E-state index in [1.54, 1.807) is 0 Å². The summed E-state index contributed by atoms with van der Waals surface area (Å²) in [6.45, 7) is 8.46. The number of hydrogen-bond donors (Lipinski definition) is 1.